The maximum atomic E-state index is 10.2. The van der Waals surface area contributed by atoms with Crippen LogP contribution >= 0.6 is 0 Å². The smallest absolute Gasteiger partial charge is 0.302 e. The summed E-state index contributed by atoms with van der Waals surface area (Å²) < 4.78 is 4.71. The van der Waals surface area contributed by atoms with Gasteiger partial charge in [-0.25, -0.2) is 0 Å². The van der Waals surface area contributed by atoms with E-state index in [1.54, 1.807) is 6.92 Å². The molecular formula is C5H12N2O2. The summed E-state index contributed by atoms with van der Waals surface area (Å²) in [6, 6.07) is 0. The lowest BCUT2D eigenvalue weighted by molar-refractivity contribution is -0.145. The summed E-state index contributed by atoms with van der Waals surface area (Å²) in [6.07, 6.45) is -0.146. The van der Waals surface area contributed by atoms with Gasteiger partial charge in [0, 0.05) is 13.5 Å². The molecule has 1 unspecified atom stereocenters. The number of hydrazine groups is 1. The molecule has 0 aliphatic rings. The van der Waals surface area contributed by atoms with Crippen LogP contribution in [0.2, 0.25) is 0 Å². The van der Waals surface area contributed by atoms with Crippen molar-refractivity contribution in [3.63, 3.8) is 0 Å². The topological polar surface area (TPSA) is 64.3 Å². The van der Waals surface area contributed by atoms with E-state index in [2.05, 4.69) is 5.43 Å². The quantitative estimate of drug-likeness (QED) is 0.306. The van der Waals surface area contributed by atoms with Crippen molar-refractivity contribution in [2.75, 3.05) is 6.54 Å². The van der Waals surface area contributed by atoms with Crippen molar-refractivity contribution in [3.05, 3.63) is 0 Å². The number of hydrogen-bond acceptors (Lipinski definition) is 4. The number of hydrogen-bond donors (Lipinski definition) is 2. The van der Waals surface area contributed by atoms with Gasteiger partial charge in [0.2, 0.25) is 0 Å². The van der Waals surface area contributed by atoms with Crippen molar-refractivity contribution < 1.29 is 9.53 Å². The Labute approximate surface area is 54.3 Å². The highest BCUT2D eigenvalue weighted by molar-refractivity contribution is 5.66. The Balaban J connectivity index is 3.26. The molecule has 4 heteroatoms. The molecule has 0 aliphatic heterocycles. The van der Waals surface area contributed by atoms with Crippen LogP contribution in [0.25, 0.3) is 0 Å². The Morgan fingerprint density at radius 2 is 2.44 bits per heavy atom. The average Bonchev–Trinajstić information content (AvgIpc) is 1.63. The minimum absolute atomic E-state index is 0.146. The number of ether oxygens (including phenoxy) is 1. The molecule has 0 amide bonds. The highest BCUT2D eigenvalue weighted by atomic mass is 16.5. The van der Waals surface area contributed by atoms with Crippen molar-refractivity contribution in [3.8, 4) is 0 Å². The SMILES string of the molecule is CC(=O)OC(C)CNN. The van der Waals surface area contributed by atoms with Gasteiger partial charge in [0.15, 0.2) is 0 Å². The zero-order chi connectivity index (χ0) is 7.28. The second-order valence-corrected chi connectivity index (χ2v) is 1.83. The molecule has 0 aromatic carbocycles. The highest BCUT2D eigenvalue weighted by Crippen LogP contribution is 1.86. The van der Waals surface area contributed by atoms with E-state index < -0.39 is 0 Å². The van der Waals surface area contributed by atoms with E-state index in [-0.39, 0.29) is 12.1 Å². The fourth-order valence-corrected chi connectivity index (χ4v) is 0.491. The number of nitrogens with two attached hydrogens (primary N) is 1. The van der Waals surface area contributed by atoms with E-state index in [4.69, 9.17) is 10.6 Å². The first kappa shape index (κ1) is 8.39. The van der Waals surface area contributed by atoms with Gasteiger partial charge < -0.3 is 4.74 Å². The maximum Gasteiger partial charge on any atom is 0.302 e. The van der Waals surface area contributed by atoms with E-state index in [0.717, 1.165) is 0 Å². The van der Waals surface area contributed by atoms with E-state index >= 15 is 0 Å². The Morgan fingerprint density at radius 1 is 1.89 bits per heavy atom. The second-order valence-electron chi connectivity index (χ2n) is 1.83. The number of nitrogens with one attached hydrogen (secondary N) is 1. The van der Waals surface area contributed by atoms with Crippen LogP contribution in [0.5, 0.6) is 0 Å². The minimum Gasteiger partial charge on any atom is -0.461 e. The number of carbonyl (C=O) groups is 1. The summed E-state index contributed by atoms with van der Waals surface area (Å²) in [5.74, 6) is 4.68. The number of rotatable bonds is 3. The number of esters is 1. The molecule has 0 aromatic heterocycles. The fraction of sp³-hybridized carbons (Fsp3) is 0.800. The molecule has 4 nitrogen and oxygen atoms in total. The first-order valence-electron chi connectivity index (χ1n) is 2.77. The van der Waals surface area contributed by atoms with Crippen LogP contribution in [0.4, 0.5) is 0 Å². The third kappa shape index (κ3) is 5.26. The van der Waals surface area contributed by atoms with Crippen molar-refractivity contribution in [2.24, 2.45) is 5.84 Å². The van der Waals surface area contributed by atoms with Crippen molar-refractivity contribution in [2.45, 2.75) is 20.0 Å². The van der Waals surface area contributed by atoms with E-state index in [9.17, 15) is 4.79 Å². The molecule has 0 aromatic rings. The predicted molar refractivity (Wildman–Crippen MR) is 33.4 cm³/mol. The zero-order valence-corrected chi connectivity index (χ0v) is 5.68. The summed E-state index contributed by atoms with van der Waals surface area (Å²) in [6.45, 7) is 3.62. The lowest BCUT2D eigenvalue weighted by Crippen LogP contribution is -2.32. The second kappa shape index (κ2) is 4.29. The molecule has 0 radical (unpaired) electrons. The summed E-state index contributed by atoms with van der Waals surface area (Å²) in [4.78, 5) is 10.2. The molecule has 1 atom stereocenters. The van der Waals surface area contributed by atoms with Gasteiger partial charge in [0.25, 0.3) is 0 Å². The van der Waals surface area contributed by atoms with Gasteiger partial charge in [-0.2, -0.15) is 0 Å². The molecule has 0 heterocycles. The maximum absolute atomic E-state index is 10.2. The molecule has 0 bridgehead atoms. The first-order chi connectivity index (χ1) is 4.16. The van der Waals surface area contributed by atoms with Crippen LogP contribution in [0, 0.1) is 0 Å². The van der Waals surface area contributed by atoms with Gasteiger partial charge in [-0.3, -0.25) is 16.1 Å². The lowest BCUT2D eigenvalue weighted by atomic mass is 10.4. The Bertz CT molecular complexity index is 95.0. The first-order valence-corrected chi connectivity index (χ1v) is 2.77. The molecular weight excluding hydrogens is 120 g/mol. The fourth-order valence-electron chi connectivity index (χ4n) is 0.491. The molecule has 0 saturated carbocycles. The standard InChI is InChI=1S/C5H12N2O2/c1-4(3-7-6)9-5(2)8/h4,7H,3,6H2,1-2H3. The van der Waals surface area contributed by atoms with E-state index in [0.29, 0.717) is 6.54 Å². The summed E-state index contributed by atoms with van der Waals surface area (Å²) in [5, 5.41) is 0. The van der Waals surface area contributed by atoms with Gasteiger partial charge >= 0.3 is 5.97 Å². The highest BCUT2D eigenvalue weighted by Gasteiger charge is 2.01. The van der Waals surface area contributed by atoms with E-state index in [1.807, 2.05) is 0 Å². The largest absolute Gasteiger partial charge is 0.461 e. The van der Waals surface area contributed by atoms with Gasteiger partial charge in [-0.1, -0.05) is 0 Å². The molecule has 0 rings (SSSR count). The van der Waals surface area contributed by atoms with Crippen LogP contribution in [0.1, 0.15) is 13.8 Å². The van der Waals surface area contributed by atoms with Crippen LogP contribution in [-0.4, -0.2) is 18.6 Å². The summed E-state index contributed by atoms with van der Waals surface area (Å²) in [5.41, 5.74) is 2.40. The van der Waals surface area contributed by atoms with Crippen molar-refractivity contribution >= 4 is 5.97 Å². The molecule has 0 fully saturated rings. The molecule has 0 saturated heterocycles. The average molecular weight is 132 g/mol. The summed E-state index contributed by atoms with van der Waals surface area (Å²) in [7, 11) is 0. The van der Waals surface area contributed by atoms with Gasteiger partial charge in [0.05, 0.1) is 0 Å². The van der Waals surface area contributed by atoms with Gasteiger partial charge in [0.1, 0.15) is 6.10 Å². The molecule has 9 heavy (non-hydrogen) atoms. The Hall–Kier alpha value is -0.610. The van der Waals surface area contributed by atoms with Crippen LogP contribution in [-0.2, 0) is 9.53 Å². The molecule has 54 valence electrons. The van der Waals surface area contributed by atoms with Crippen molar-refractivity contribution in [1.29, 1.82) is 0 Å². The van der Waals surface area contributed by atoms with Crippen LogP contribution in [0.3, 0.4) is 0 Å². The predicted octanol–water partition coefficient (Wildman–Crippen LogP) is -0.599. The third-order valence-electron chi connectivity index (χ3n) is 0.772. The monoisotopic (exact) mass is 132 g/mol. The van der Waals surface area contributed by atoms with Crippen molar-refractivity contribution in [1.82, 2.24) is 5.43 Å². The Morgan fingerprint density at radius 3 is 2.78 bits per heavy atom. The Kier molecular flexibility index (Phi) is 4.00. The molecule has 0 spiro atoms. The molecule has 0 aliphatic carbocycles. The van der Waals surface area contributed by atoms with Crippen LogP contribution < -0.4 is 11.3 Å². The summed E-state index contributed by atoms with van der Waals surface area (Å²) >= 11 is 0. The third-order valence-corrected chi connectivity index (χ3v) is 0.772. The van der Waals surface area contributed by atoms with Gasteiger partial charge in [-0.05, 0) is 6.92 Å². The lowest BCUT2D eigenvalue weighted by Gasteiger charge is -2.09. The molecule has 3 N–H and O–H groups in total. The van der Waals surface area contributed by atoms with Gasteiger partial charge in [-0.15, -0.1) is 0 Å². The van der Waals surface area contributed by atoms with E-state index in [1.165, 1.54) is 6.92 Å². The zero-order valence-electron chi connectivity index (χ0n) is 5.68. The normalized spacial score (nSPS) is 12.8. The minimum atomic E-state index is -0.280. The van der Waals surface area contributed by atoms with Crippen LogP contribution in [0.15, 0.2) is 0 Å². The number of carbonyl (C=O) groups excluding carboxylic acids is 1.